The van der Waals surface area contributed by atoms with Crippen LogP contribution < -0.4 is 5.32 Å². The minimum Gasteiger partial charge on any atom is -0.325 e. The van der Waals surface area contributed by atoms with E-state index in [9.17, 15) is 4.79 Å². The number of hydrogen-bond acceptors (Lipinski definition) is 2. The highest BCUT2D eigenvalue weighted by Gasteiger charge is 2.09. The van der Waals surface area contributed by atoms with Gasteiger partial charge in [0, 0.05) is 21.7 Å². The average molecular weight is 368 g/mol. The van der Waals surface area contributed by atoms with Gasteiger partial charge in [-0.3, -0.25) is 9.69 Å². The highest BCUT2D eigenvalue weighted by Crippen LogP contribution is 2.17. The molecule has 21 heavy (non-hydrogen) atoms. The first-order valence-corrected chi connectivity index (χ1v) is 7.69. The summed E-state index contributed by atoms with van der Waals surface area (Å²) in [5.41, 5.74) is 1.79. The van der Waals surface area contributed by atoms with Crippen LogP contribution >= 0.6 is 27.5 Å². The molecule has 1 N–H and O–H groups in total. The van der Waals surface area contributed by atoms with Crippen molar-refractivity contribution in [2.45, 2.75) is 6.54 Å². The van der Waals surface area contributed by atoms with Gasteiger partial charge >= 0.3 is 0 Å². The second kappa shape index (κ2) is 7.59. The Kier molecular flexibility index (Phi) is 5.79. The SMILES string of the molecule is CN(CC(=O)Nc1cccc(Br)c1)Cc1ccccc1Cl. The number of nitrogens with zero attached hydrogens (tertiary/aromatic N) is 1. The zero-order valence-electron chi connectivity index (χ0n) is 11.6. The van der Waals surface area contributed by atoms with Crippen molar-refractivity contribution in [2.75, 3.05) is 18.9 Å². The largest absolute Gasteiger partial charge is 0.325 e. The lowest BCUT2D eigenvalue weighted by atomic mass is 10.2. The molecule has 0 fully saturated rings. The predicted octanol–water partition coefficient (Wildman–Crippen LogP) is 4.17. The fraction of sp³-hybridized carbons (Fsp3) is 0.188. The lowest BCUT2D eigenvalue weighted by Crippen LogP contribution is -2.29. The molecule has 110 valence electrons. The smallest absolute Gasteiger partial charge is 0.238 e. The Labute approximate surface area is 138 Å². The maximum Gasteiger partial charge on any atom is 0.238 e. The van der Waals surface area contributed by atoms with Crippen LogP contribution in [0.3, 0.4) is 0 Å². The molecule has 0 aliphatic carbocycles. The second-order valence-electron chi connectivity index (χ2n) is 4.82. The van der Waals surface area contributed by atoms with E-state index in [0.29, 0.717) is 13.1 Å². The van der Waals surface area contributed by atoms with Crippen LogP contribution in [0.5, 0.6) is 0 Å². The van der Waals surface area contributed by atoms with Gasteiger partial charge < -0.3 is 5.32 Å². The Balaban J connectivity index is 1.89. The number of likely N-dealkylation sites (N-methyl/N-ethyl adjacent to an activating group) is 1. The molecule has 0 aliphatic heterocycles. The molecule has 0 unspecified atom stereocenters. The van der Waals surface area contributed by atoms with Crippen molar-refractivity contribution in [3.63, 3.8) is 0 Å². The molecular formula is C16H16BrClN2O. The van der Waals surface area contributed by atoms with Crippen LogP contribution in [0.15, 0.2) is 53.0 Å². The molecule has 0 bridgehead atoms. The topological polar surface area (TPSA) is 32.3 Å². The second-order valence-corrected chi connectivity index (χ2v) is 6.15. The van der Waals surface area contributed by atoms with Crippen molar-refractivity contribution in [2.24, 2.45) is 0 Å². The van der Waals surface area contributed by atoms with E-state index in [1.807, 2.05) is 60.5 Å². The van der Waals surface area contributed by atoms with Crippen LogP contribution in [-0.4, -0.2) is 24.4 Å². The van der Waals surface area contributed by atoms with Gasteiger partial charge in [-0.05, 0) is 36.9 Å². The summed E-state index contributed by atoms with van der Waals surface area (Å²) in [6.07, 6.45) is 0. The highest BCUT2D eigenvalue weighted by atomic mass is 79.9. The first-order valence-electron chi connectivity index (χ1n) is 6.52. The molecule has 0 saturated carbocycles. The maximum absolute atomic E-state index is 12.0. The van der Waals surface area contributed by atoms with Crippen LogP contribution in [-0.2, 0) is 11.3 Å². The predicted molar refractivity (Wildman–Crippen MR) is 90.6 cm³/mol. The summed E-state index contributed by atoms with van der Waals surface area (Å²) in [5.74, 6) is -0.0531. The molecule has 2 aromatic carbocycles. The first-order chi connectivity index (χ1) is 10.0. The Bertz CT molecular complexity index is 633. The number of benzene rings is 2. The number of nitrogens with one attached hydrogen (secondary N) is 1. The summed E-state index contributed by atoms with van der Waals surface area (Å²) in [5, 5.41) is 3.59. The summed E-state index contributed by atoms with van der Waals surface area (Å²) in [6, 6.07) is 15.2. The van der Waals surface area contributed by atoms with Crippen molar-refractivity contribution in [3.8, 4) is 0 Å². The van der Waals surface area contributed by atoms with E-state index < -0.39 is 0 Å². The molecule has 5 heteroatoms. The molecule has 0 aromatic heterocycles. The number of halogens is 2. The molecule has 0 heterocycles. The van der Waals surface area contributed by atoms with Crippen molar-refractivity contribution < 1.29 is 4.79 Å². The van der Waals surface area contributed by atoms with E-state index in [-0.39, 0.29) is 5.91 Å². The van der Waals surface area contributed by atoms with Gasteiger partial charge in [0.25, 0.3) is 0 Å². The van der Waals surface area contributed by atoms with Crippen molar-refractivity contribution >= 4 is 39.1 Å². The monoisotopic (exact) mass is 366 g/mol. The molecule has 0 radical (unpaired) electrons. The van der Waals surface area contributed by atoms with E-state index in [4.69, 9.17) is 11.6 Å². The molecule has 0 spiro atoms. The van der Waals surface area contributed by atoms with Gasteiger partial charge in [0.05, 0.1) is 6.54 Å². The fourth-order valence-electron chi connectivity index (χ4n) is 1.99. The van der Waals surface area contributed by atoms with Gasteiger partial charge in [-0.1, -0.05) is 51.8 Å². The van der Waals surface area contributed by atoms with Crippen molar-refractivity contribution in [3.05, 3.63) is 63.6 Å². The minimum atomic E-state index is -0.0531. The summed E-state index contributed by atoms with van der Waals surface area (Å²) in [4.78, 5) is 13.9. The number of amides is 1. The third-order valence-corrected chi connectivity index (χ3v) is 3.78. The minimum absolute atomic E-state index is 0.0531. The summed E-state index contributed by atoms with van der Waals surface area (Å²) >= 11 is 9.50. The highest BCUT2D eigenvalue weighted by molar-refractivity contribution is 9.10. The number of anilines is 1. The Morgan fingerprint density at radius 3 is 2.71 bits per heavy atom. The lowest BCUT2D eigenvalue weighted by molar-refractivity contribution is -0.117. The van der Waals surface area contributed by atoms with Crippen LogP contribution in [0.1, 0.15) is 5.56 Å². The third kappa shape index (κ3) is 5.16. The maximum atomic E-state index is 12.0. The fourth-order valence-corrected chi connectivity index (χ4v) is 2.58. The molecule has 3 nitrogen and oxygen atoms in total. The molecule has 2 rings (SSSR count). The Morgan fingerprint density at radius 2 is 2.00 bits per heavy atom. The van der Waals surface area contributed by atoms with Crippen molar-refractivity contribution in [1.29, 1.82) is 0 Å². The lowest BCUT2D eigenvalue weighted by Gasteiger charge is -2.17. The number of carbonyl (C=O) groups excluding carboxylic acids is 1. The standard InChI is InChI=1S/C16H16BrClN2O/c1-20(10-12-5-2-3-8-15(12)18)11-16(21)19-14-7-4-6-13(17)9-14/h2-9H,10-11H2,1H3,(H,19,21). The number of rotatable bonds is 5. The van der Waals surface area contributed by atoms with Gasteiger partial charge in [-0.2, -0.15) is 0 Å². The number of carbonyl (C=O) groups is 1. The van der Waals surface area contributed by atoms with Gasteiger partial charge in [0.1, 0.15) is 0 Å². The third-order valence-electron chi connectivity index (χ3n) is 2.92. The molecule has 0 saturated heterocycles. The molecule has 0 atom stereocenters. The Hall–Kier alpha value is -1.36. The van der Waals surface area contributed by atoms with Crippen LogP contribution in [0.2, 0.25) is 5.02 Å². The van der Waals surface area contributed by atoms with Gasteiger partial charge in [-0.25, -0.2) is 0 Å². The summed E-state index contributed by atoms with van der Waals surface area (Å²) < 4.78 is 0.935. The van der Waals surface area contributed by atoms with Crippen molar-refractivity contribution in [1.82, 2.24) is 4.90 Å². The van der Waals surface area contributed by atoms with Gasteiger partial charge in [-0.15, -0.1) is 0 Å². The summed E-state index contributed by atoms with van der Waals surface area (Å²) in [6.45, 7) is 0.934. The van der Waals surface area contributed by atoms with Crippen LogP contribution in [0.4, 0.5) is 5.69 Å². The summed E-state index contributed by atoms with van der Waals surface area (Å²) in [7, 11) is 1.89. The molecule has 2 aromatic rings. The van der Waals surface area contributed by atoms with Crippen LogP contribution in [0, 0.1) is 0 Å². The first kappa shape index (κ1) is 16.0. The van der Waals surface area contributed by atoms with Gasteiger partial charge in [0.15, 0.2) is 0 Å². The normalized spacial score (nSPS) is 10.7. The zero-order valence-corrected chi connectivity index (χ0v) is 14.0. The molecular weight excluding hydrogens is 352 g/mol. The average Bonchev–Trinajstić information content (AvgIpc) is 2.41. The van der Waals surface area contributed by atoms with E-state index in [0.717, 1.165) is 20.7 Å². The number of hydrogen-bond donors (Lipinski definition) is 1. The quantitative estimate of drug-likeness (QED) is 0.860. The molecule has 1 amide bonds. The Morgan fingerprint density at radius 1 is 1.24 bits per heavy atom. The van der Waals surface area contributed by atoms with E-state index >= 15 is 0 Å². The van der Waals surface area contributed by atoms with Crippen LogP contribution in [0.25, 0.3) is 0 Å². The molecule has 0 aliphatic rings. The van der Waals surface area contributed by atoms with E-state index in [1.54, 1.807) is 0 Å². The van der Waals surface area contributed by atoms with E-state index in [1.165, 1.54) is 0 Å². The van der Waals surface area contributed by atoms with E-state index in [2.05, 4.69) is 21.2 Å². The zero-order chi connectivity index (χ0) is 15.2. The van der Waals surface area contributed by atoms with Gasteiger partial charge in [0.2, 0.25) is 5.91 Å².